The van der Waals surface area contributed by atoms with Crippen LogP contribution in [0.5, 0.6) is 5.75 Å². The molecule has 0 amide bonds. The Labute approximate surface area is 170 Å². The maximum atomic E-state index is 13.3. The van der Waals surface area contributed by atoms with Crippen LogP contribution in [0.1, 0.15) is 19.4 Å². The van der Waals surface area contributed by atoms with Gasteiger partial charge in [-0.15, -0.1) is 11.6 Å². The topological polar surface area (TPSA) is 83.9 Å². The minimum atomic E-state index is -4.05. The molecule has 28 heavy (non-hydrogen) atoms. The van der Waals surface area contributed by atoms with Crippen molar-refractivity contribution in [1.29, 1.82) is 0 Å². The maximum Gasteiger partial charge on any atom is 0.322 e. The van der Waals surface area contributed by atoms with Crippen molar-refractivity contribution in [3.63, 3.8) is 0 Å². The Morgan fingerprint density at radius 2 is 1.71 bits per heavy atom. The number of carboxylic acid groups (broad SMARTS) is 1. The van der Waals surface area contributed by atoms with Crippen LogP contribution in [0, 0.1) is 5.92 Å². The molecule has 0 fully saturated rings. The van der Waals surface area contributed by atoms with Crippen molar-refractivity contribution in [2.45, 2.75) is 31.3 Å². The molecule has 0 heterocycles. The lowest BCUT2D eigenvalue weighted by Crippen LogP contribution is -2.47. The summed E-state index contributed by atoms with van der Waals surface area (Å²) in [6, 6.07) is 13.6. The van der Waals surface area contributed by atoms with Gasteiger partial charge in [-0.1, -0.05) is 44.2 Å². The van der Waals surface area contributed by atoms with Gasteiger partial charge >= 0.3 is 5.97 Å². The molecule has 0 bridgehead atoms. The lowest BCUT2D eigenvalue weighted by atomic mass is 10.0. The van der Waals surface area contributed by atoms with E-state index in [2.05, 4.69) is 0 Å². The fraction of sp³-hybridized carbons (Fsp3) is 0.350. The molecule has 2 aromatic rings. The second-order valence-corrected chi connectivity index (χ2v) is 8.84. The zero-order valence-corrected chi connectivity index (χ0v) is 17.4. The SMILES string of the molecule is CC(C)[C@H](C(=O)O)N(Cc1ccccc1)S(=O)(=O)c1ccc(OCCCl)cc1. The highest BCUT2D eigenvalue weighted by Crippen LogP contribution is 2.26. The van der Waals surface area contributed by atoms with Gasteiger partial charge in [0.25, 0.3) is 0 Å². The summed E-state index contributed by atoms with van der Waals surface area (Å²) in [4.78, 5) is 11.9. The average Bonchev–Trinajstić information content (AvgIpc) is 2.66. The molecule has 0 spiro atoms. The first-order valence-corrected chi connectivity index (χ1v) is 10.8. The minimum absolute atomic E-state index is 0.00792. The normalized spacial score (nSPS) is 12.9. The van der Waals surface area contributed by atoms with Crippen LogP contribution in [-0.2, 0) is 21.4 Å². The number of carboxylic acids is 1. The van der Waals surface area contributed by atoms with Crippen LogP contribution < -0.4 is 4.74 Å². The number of rotatable bonds is 10. The highest BCUT2D eigenvalue weighted by Gasteiger charge is 2.38. The summed E-state index contributed by atoms with van der Waals surface area (Å²) in [6.45, 7) is 3.65. The van der Waals surface area contributed by atoms with E-state index in [1.165, 1.54) is 24.3 Å². The van der Waals surface area contributed by atoms with Gasteiger partial charge in [0, 0.05) is 6.54 Å². The standard InChI is InChI=1S/C20H24ClNO5S/c1-15(2)19(20(23)24)22(14-16-6-4-3-5-7-16)28(25,26)18-10-8-17(9-11-18)27-13-12-21/h3-11,15,19H,12-14H2,1-2H3,(H,23,24)/t19-/m1/s1. The van der Waals surface area contributed by atoms with Gasteiger partial charge in [-0.05, 0) is 35.7 Å². The Hall–Kier alpha value is -2.09. The minimum Gasteiger partial charge on any atom is -0.492 e. The van der Waals surface area contributed by atoms with E-state index >= 15 is 0 Å². The fourth-order valence-electron chi connectivity index (χ4n) is 2.84. The molecule has 0 aliphatic heterocycles. The van der Waals surface area contributed by atoms with Crippen molar-refractivity contribution in [3.05, 3.63) is 60.2 Å². The molecule has 0 saturated heterocycles. The average molecular weight is 426 g/mol. The molecule has 2 aromatic carbocycles. The maximum absolute atomic E-state index is 13.3. The molecule has 2 rings (SSSR count). The van der Waals surface area contributed by atoms with Crippen molar-refractivity contribution in [2.75, 3.05) is 12.5 Å². The second kappa shape index (κ2) is 9.91. The van der Waals surface area contributed by atoms with Gasteiger partial charge < -0.3 is 9.84 Å². The lowest BCUT2D eigenvalue weighted by Gasteiger charge is -2.30. The number of carbonyl (C=O) groups is 1. The third-order valence-corrected chi connectivity index (χ3v) is 6.15. The largest absolute Gasteiger partial charge is 0.492 e. The number of aliphatic carboxylic acids is 1. The zero-order valence-electron chi connectivity index (χ0n) is 15.8. The number of benzene rings is 2. The van der Waals surface area contributed by atoms with Gasteiger partial charge in [-0.2, -0.15) is 4.31 Å². The highest BCUT2D eigenvalue weighted by molar-refractivity contribution is 7.89. The van der Waals surface area contributed by atoms with E-state index in [0.29, 0.717) is 23.8 Å². The van der Waals surface area contributed by atoms with Gasteiger partial charge in [-0.25, -0.2) is 8.42 Å². The van der Waals surface area contributed by atoms with E-state index in [0.717, 1.165) is 4.31 Å². The zero-order chi connectivity index (χ0) is 20.7. The summed E-state index contributed by atoms with van der Waals surface area (Å²) in [5.74, 6) is -0.786. The highest BCUT2D eigenvalue weighted by atomic mass is 35.5. The lowest BCUT2D eigenvalue weighted by molar-refractivity contribution is -0.143. The Morgan fingerprint density at radius 1 is 1.11 bits per heavy atom. The molecular weight excluding hydrogens is 402 g/mol. The third kappa shape index (κ3) is 5.47. The predicted octanol–water partition coefficient (Wildman–Crippen LogP) is 3.60. The Bertz CT molecular complexity index is 869. The van der Waals surface area contributed by atoms with Crippen LogP contribution in [0.3, 0.4) is 0 Å². The summed E-state index contributed by atoms with van der Waals surface area (Å²) in [7, 11) is -4.05. The first-order chi connectivity index (χ1) is 13.3. The predicted molar refractivity (Wildman–Crippen MR) is 108 cm³/mol. The van der Waals surface area contributed by atoms with Gasteiger partial charge in [-0.3, -0.25) is 4.79 Å². The van der Waals surface area contributed by atoms with Gasteiger partial charge in [0.15, 0.2) is 0 Å². The van der Waals surface area contributed by atoms with E-state index in [9.17, 15) is 18.3 Å². The Morgan fingerprint density at radius 3 is 2.21 bits per heavy atom. The first-order valence-electron chi connectivity index (χ1n) is 8.84. The van der Waals surface area contributed by atoms with E-state index in [4.69, 9.17) is 16.3 Å². The molecule has 0 aliphatic carbocycles. The van der Waals surface area contributed by atoms with Crippen LogP contribution in [-0.4, -0.2) is 42.3 Å². The number of sulfonamides is 1. The van der Waals surface area contributed by atoms with E-state index in [1.807, 2.05) is 6.07 Å². The van der Waals surface area contributed by atoms with Crippen LogP contribution in [0.15, 0.2) is 59.5 Å². The molecule has 6 nitrogen and oxygen atoms in total. The molecule has 0 saturated carbocycles. The molecule has 0 unspecified atom stereocenters. The molecule has 0 aliphatic rings. The summed E-state index contributed by atoms with van der Waals surface area (Å²) in [5.41, 5.74) is 0.708. The van der Waals surface area contributed by atoms with Gasteiger partial charge in [0.05, 0.1) is 10.8 Å². The number of hydrogen-bond donors (Lipinski definition) is 1. The summed E-state index contributed by atoms with van der Waals surface area (Å²) in [6.07, 6.45) is 0. The van der Waals surface area contributed by atoms with Crippen molar-refractivity contribution >= 4 is 27.6 Å². The quantitative estimate of drug-likeness (QED) is 0.588. The smallest absolute Gasteiger partial charge is 0.322 e. The van der Waals surface area contributed by atoms with Crippen molar-refractivity contribution in [1.82, 2.24) is 4.31 Å². The van der Waals surface area contributed by atoms with Crippen LogP contribution in [0.2, 0.25) is 0 Å². The van der Waals surface area contributed by atoms with E-state index in [1.54, 1.807) is 38.1 Å². The van der Waals surface area contributed by atoms with Gasteiger partial charge in [0.2, 0.25) is 10.0 Å². The Balaban J connectivity index is 2.43. The molecular formula is C20H24ClNO5S. The van der Waals surface area contributed by atoms with Crippen molar-refractivity contribution in [3.8, 4) is 5.75 Å². The number of ether oxygens (including phenoxy) is 1. The monoisotopic (exact) mass is 425 g/mol. The first kappa shape index (κ1) is 22.2. The number of halogens is 1. The number of nitrogens with zero attached hydrogens (tertiary/aromatic N) is 1. The molecule has 1 atom stereocenters. The van der Waals surface area contributed by atoms with Crippen LogP contribution in [0.25, 0.3) is 0 Å². The summed E-state index contributed by atoms with van der Waals surface area (Å²) < 4.78 is 33.0. The second-order valence-electron chi connectivity index (χ2n) is 6.57. The van der Waals surface area contributed by atoms with Crippen molar-refractivity contribution < 1.29 is 23.1 Å². The number of alkyl halides is 1. The molecule has 152 valence electrons. The fourth-order valence-corrected chi connectivity index (χ4v) is 4.62. The molecule has 0 aromatic heterocycles. The molecule has 1 N–H and O–H groups in total. The summed E-state index contributed by atoms with van der Waals surface area (Å²) in [5, 5.41) is 9.70. The molecule has 8 heteroatoms. The Kier molecular flexibility index (Phi) is 7.86. The van der Waals surface area contributed by atoms with Gasteiger partial charge in [0.1, 0.15) is 18.4 Å². The van der Waals surface area contributed by atoms with E-state index in [-0.39, 0.29) is 11.4 Å². The van der Waals surface area contributed by atoms with E-state index < -0.39 is 28.0 Å². The van der Waals surface area contributed by atoms with Crippen LogP contribution in [0.4, 0.5) is 0 Å². The summed E-state index contributed by atoms with van der Waals surface area (Å²) >= 11 is 5.58. The van der Waals surface area contributed by atoms with Crippen molar-refractivity contribution in [2.24, 2.45) is 5.92 Å². The third-order valence-electron chi connectivity index (χ3n) is 4.15. The number of hydrogen-bond acceptors (Lipinski definition) is 4. The van der Waals surface area contributed by atoms with Crippen LogP contribution >= 0.6 is 11.6 Å². The molecule has 0 radical (unpaired) electrons.